The molecule has 0 saturated heterocycles. The fraction of sp³-hybridized carbons (Fsp3) is 0.257. The molecule has 0 bridgehead atoms. The van der Waals surface area contributed by atoms with E-state index in [2.05, 4.69) is 53.0 Å². The molecule has 6 heterocycles. The molecule has 55 heavy (non-hydrogen) atoms. The van der Waals surface area contributed by atoms with Gasteiger partial charge in [-0.1, -0.05) is 29.8 Å². The largest absolute Gasteiger partial charge is 0.378 e. The van der Waals surface area contributed by atoms with Gasteiger partial charge in [0.2, 0.25) is 11.6 Å². The fourth-order valence-corrected chi connectivity index (χ4v) is 7.05. The zero-order chi connectivity index (χ0) is 39.9. The van der Waals surface area contributed by atoms with E-state index in [9.17, 15) is 28.6 Å². The first kappa shape index (κ1) is 40.0. The number of alkyl halides is 1. The van der Waals surface area contributed by atoms with E-state index in [4.69, 9.17) is 11.5 Å². The van der Waals surface area contributed by atoms with Crippen LogP contribution in [0.5, 0.6) is 0 Å². The van der Waals surface area contributed by atoms with E-state index in [-0.39, 0.29) is 34.7 Å². The number of rotatable bonds is 13. The Kier molecular flexibility index (Phi) is 12.6. The van der Waals surface area contributed by atoms with E-state index >= 15 is 0 Å². The Balaban J connectivity index is 0.000000212. The number of halogens is 1. The summed E-state index contributed by atoms with van der Waals surface area (Å²) >= 11 is 3.46. The van der Waals surface area contributed by atoms with Gasteiger partial charge in [-0.15, -0.1) is 0 Å². The number of anilines is 2. The number of pyridine rings is 4. The lowest BCUT2D eigenvalue weighted by Gasteiger charge is -2.12. The summed E-state index contributed by atoms with van der Waals surface area (Å²) in [6.07, 6.45) is 15.3. The molecule has 2 atom stereocenters. The van der Waals surface area contributed by atoms with Crippen molar-refractivity contribution in [2.24, 2.45) is 0 Å². The van der Waals surface area contributed by atoms with Crippen molar-refractivity contribution in [2.75, 3.05) is 28.8 Å². The summed E-state index contributed by atoms with van der Waals surface area (Å²) < 4.78 is 25.9. The van der Waals surface area contributed by atoms with E-state index in [0.717, 1.165) is 22.9 Å². The first-order valence-corrected chi connectivity index (χ1v) is 19.9. The Hall–Kier alpha value is -6.15. The van der Waals surface area contributed by atoms with E-state index < -0.39 is 19.7 Å². The first-order valence-electron chi connectivity index (χ1n) is 16.7. The maximum Gasteiger partial charge on any atom is 0.319 e. The molecule has 0 spiro atoms. The molecule has 0 saturated carbocycles. The van der Waals surface area contributed by atoms with Gasteiger partial charge in [-0.05, 0) is 72.2 Å². The van der Waals surface area contributed by atoms with Gasteiger partial charge in [-0.25, -0.2) is 37.7 Å². The molecule has 6 aromatic heterocycles. The van der Waals surface area contributed by atoms with Crippen LogP contribution in [0, 0.1) is 20.2 Å². The molecule has 0 aromatic carbocycles. The number of sulfone groups is 1. The molecule has 0 aliphatic carbocycles. The van der Waals surface area contributed by atoms with Gasteiger partial charge in [0.25, 0.3) is 0 Å². The minimum atomic E-state index is -3.03. The lowest BCUT2D eigenvalue weighted by atomic mass is 10.00. The quantitative estimate of drug-likeness (QED) is 0.0761. The SMILES string of the molecule is CC(CCBr)c1ccnc(-n2cc(-c3ccnc(N)c3[N+](=O)[O-])cn2)c1.CC(CCS(C)(=O)=O)c1ccnc(-n2cc(-c3ccnc(N)c3[N+](=O)[O-])cn2)c1. The van der Waals surface area contributed by atoms with Crippen molar-refractivity contribution in [2.45, 2.75) is 38.5 Å². The topological polar surface area (TPSA) is 260 Å². The first-order chi connectivity index (χ1) is 26.2. The van der Waals surface area contributed by atoms with Crippen molar-refractivity contribution in [3.63, 3.8) is 0 Å². The van der Waals surface area contributed by atoms with E-state index in [1.165, 1.54) is 35.6 Å². The van der Waals surface area contributed by atoms with Gasteiger partial charge >= 0.3 is 11.4 Å². The molecule has 0 fully saturated rings. The summed E-state index contributed by atoms with van der Waals surface area (Å²) in [5.41, 5.74) is 14.7. The summed E-state index contributed by atoms with van der Waals surface area (Å²) in [6.45, 7) is 4.10. The van der Waals surface area contributed by atoms with Crippen LogP contribution >= 0.6 is 15.9 Å². The van der Waals surface area contributed by atoms with Gasteiger partial charge in [0.15, 0.2) is 11.6 Å². The molecular weight excluding hydrogens is 796 g/mol. The van der Waals surface area contributed by atoms with Crippen LogP contribution < -0.4 is 11.5 Å². The van der Waals surface area contributed by atoms with Gasteiger partial charge in [0.05, 0.1) is 39.1 Å². The van der Waals surface area contributed by atoms with Crippen LogP contribution in [0.3, 0.4) is 0 Å². The van der Waals surface area contributed by atoms with Crippen molar-refractivity contribution < 1.29 is 18.3 Å². The van der Waals surface area contributed by atoms with Gasteiger partial charge in [-0.2, -0.15) is 10.2 Å². The van der Waals surface area contributed by atoms with Crippen LogP contribution in [0.4, 0.5) is 23.0 Å². The summed E-state index contributed by atoms with van der Waals surface area (Å²) in [5.74, 6) is 1.38. The Labute approximate surface area is 324 Å². The summed E-state index contributed by atoms with van der Waals surface area (Å²) in [7, 11) is -3.03. The summed E-state index contributed by atoms with van der Waals surface area (Å²) in [5, 5.41) is 32.1. The van der Waals surface area contributed by atoms with Crippen molar-refractivity contribution >= 4 is 48.8 Å². The van der Waals surface area contributed by atoms with Crippen molar-refractivity contribution in [3.8, 4) is 33.9 Å². The zero-order valence-corrected chi connectivity index (χ0v) is 32.3. The van der Waals surface area contributed by atoms with Crippen molar-refractivity contribution in [3.05, 3.63) is 117 Å². The molecule has 2 unspecified atom stereocenters. The molecule has 0 amide bonds. The van der Waals surface area contributed by atoms with E-state index in [1.54, 1.807) is 41.7 Å². The number of nitrogen functional groups attached to an aromatic ring is 2. The maximum atomic E-state index is 11.4. The number of nitrogens with two attached hydrogens (primary N) is 2. The standard InChI is InChI=1S/C18H20N6O4S.C17H17BrN6O2/c1-12(5-8-29(2,27)28)13-3-6-20-16(9-13)23-11-14(10-22-23)15-4-7-21-18(19)17(15)24(25)26;1-11(2-5-18)12-3-6-20-15(8-12)23-10-13(9-22-23)14-4-7-21-17(19)16(14)24(25)26/h3-4,6-7,9-12H,5,8H2,1-2H3,(H2,19,21);3-4,6-11H,2,5H2,1H3,(H2,19,21). The smallest absolute Gasteiger partial charge is 0.319 e. The van der Waals surface area contributed by atoms with Crippen LogP contribution in [0.25, 0.3) is 33.9 Å². The molecule has 0 aliphatic heterocycles. The van der Waals surface area contributed by atoms with E-state index in [1.807, 2.05) is 31.2 Å². The second-order valence-electron chi connectivity index (χ2n) is 12.6. The van der Waals surface area contributed by atoms with Crippen LogP contribution in [-0.4, -0.2) is 75.1 Å². The molecule has 18 nitrogen and oxygen atoms in total. The molecule has 0 radical (unpaired) electrons. The number of hydrogen-bond donors (Lipinski definition) is 2. The highest BCUT2D eigenvalue weighted by molar-refractivity contribution is 9.09. The minimum absolute atomic E-state index is 0.0163. The van der Waals surface area contributed by atoms with E-state index in [0.29, 0.717) is 46.2 Å². The second kappa shape index (κ2) is 17.3. The minimum Gasteiger partial charge on any atom is -0.378 e. The number of nitrogens with zero attached hydrogens (tertiary/aromatic N) is 10. The third-order valence-electron chi connectivity index (χ3n) is 8.67. The third-order valence-corrected chi connectivity index (χ3v) is 10.1. The average Bonchev–Trinajstić information content (AvgIpc) is 3.85. The molecule has 6 rings (SSSR count). The van der Waals surface area contributed by atoms with Crippen LogP contribution in [0.15, 0.2) is 86.0 Å². The summed E-state index contributed by atoms with van der Waals surface area (Å²) in [4.78, 5) is 37.8. The Bertz CT molecular complexity index is 2440. The van der Waals surface area contributed by atoms with Crippen LogP contribution in [-0.2, 0) is 9.84 Å². The van der Waals surface area contributed by atoms with Crippen LogP contribution in [0.2, 0.25) is 0 Å². The predicted molar refractivity (Wildman–Crippen MR) is 211 cm³/mol. The number of hydrogen-bond acceptors (Lipinski definition) is 14. The number of nitro groups is 2. The molecule has 0 aliphatic rings. The normalized spacial score (nSPS) is 12.4. The molecule has 6 aromatic rings. The molecule has 4 N–H and O–H groups in total. The Morgan fingerprint density at radius 2 is 1.15 bits per heavy atom. The van der Waals surface area contributed by atoms with Gasteiger partial charge in [-0.3, -0.25) is 20.2 Å². The molecule has 20 heteroatoms. The third kappa shape index (κ3) is 9.89. The lowest BCUT2D eigenvalue weighted by molar-refractivity contribution is -0.383. The molecule has 286 valence electrons. The lowest BCUT2D eigenvalue weighted by Crippen LogP contribution is -2.07. The van der Waals surface area contributed by atoms with Gasteiger partial charge in [0.1, 0.15) is 9.84 Å². The number of aromatic nitrogens is 8. The second-order valence-corrected chi connectivity index (χ2v) is 15.7. The van der Waals surface area contributed by atoms with Gasteiger partial charge in [0, 0.05) is 59.9 Å². The predicted octanol–water partition coefficient (Wildman–Crippen LogP) is 6.07. The highest BCUT2D eigenvalue weighted by Crippen LogP contribution is 2.34. The average molecular weight is 834 g/mol. The highest BCUT2D eigenvalue weighted by atomic mass is 79.9. The molecular formula is C35H37BrN12O6S. The maximum absolute atomic E-state index is 11.4. The summed E-state index contributed by atoms with van der Waals surface area (Å²) in [6, 6.07) is 10.7. The van der Waals surface area contributed by atoms with Crippen molar-refractivity contribution in [1.82, 2.24) is 39.5 Å². The zero-order valence-electron chi connectivity index (χ0n) is 29.9. The fourth-order valence-electron chi connectivity index (χ4n) is 5.58. The monoisotopic (exact) mass is 832 g/mol. The van der Waals surface area contributed by atoms with Crippen molar-refractivity contribution in [1.29, 1.82) is 0 Å². The Morgan fingerprint density at radius 3 is 1.55 bits per heavy atom. The van der Waals surface area contributed by atoms with Gasteiger partial charge < -0.3 is 11.5 Å². The highest BCUT2D eigenvalue weighted by Gasteiger charge is 2.23. The Morgan fingerprint density at radius 1 is 0.727 bits per heavy atom. The van der Waals surface area contributed by atoms with Crippen LogP contribution in [0.1, 0.15) is 49.7 Å².